The molecule has 1 aliphatic heterocycles. The lowest BCUT2D eigenvalue weighted by atomic mass is 10.1. The van der Waals surface area contributed by atoms with Crippen LogP contribution >= 0.6 is 63.7 Å². The van der Waals surface area contributed by atoms with E-state index in [2.05, 4.69) is 63.7 Å². The fourth-order valence-electron chi connectivity index (χ4n) is 2.35. The maximum atomic E-state index is 12.8. The first-order valence-corrected chi connectivity index (χ1v) is 9.33. The molecule has 0 atom stereocenters. The second kappa shape index (κ2) is 5.85. The average molecular weight is 553 g/mol. The predicted octanol–water partition coefficient (Wildman–Crippen LogP) is 5.85. The number of nitrogens with zero attached hydrogens (tertiary/aromatic N) is 1. The quantitative estimate of drug-likeness (QED) is 0.253. The minimum absolute atomic E-state index is 0.341. The largest absolute Gasteiger partial charge is 0.268 e. The molecule has 22 heavy (non-hydrogen) atoms. The summed E-state index contributed by atoms with van der Waals surface area (Å²) in [6.07, 6.45) is 0. The molecule has 3 rings (SSSR count). The Morgan fingerprint density at radius 3 is 1.77 bits per heavy atom. The SMILES string of the molecule is Cc1cccc(N2C(=O)c3c(Br)c(Br)c(Br)c(Br)c3C2=O)c1. The number of benzene rings is 2. The fraction of sp³-hybridized carbons (Fsp3) is 0.0667. The maximum absolute atomic E-state index is 12.8. The Morgan fingerprint density at radius 2 is 1.32 bits per heavy atom. The third kappa shape index (κ3) is 2.33. The molecule has 0 N–H and O–H groups in total. The molecule has 0 spiro atoms. The van der Waals surface area contributed by atoms with Crippen LogP contribution in [0, 0.1) is 6.92 Å². The number of carbonyl (C=O) groups excluding carboxylic acids is 2. The van der Waals surface area contributed by atoms with Gasteiger partial charge in [-0.15, -0.1) is 0 Å². The highest BCUT2D eigenvalue weighted by Gasteiger charge is 2.41. The Morgan fingerprint density at radius 1 is 0.818 bits per heavy atom. The van der Waals surface area contributed by atoms with Gasteiger partial charge in [0.1, 0.15) is 0 Å². The molecule has 1 heterocycles. The molecule has 2 aromatic rings. The lowest BCUT2D eigenvalue weighted by Crippen LogP contribution is -2.29. The molecule has 0 aromatic heterocycles. The summed E-state index contributed by atoms with van der Waals surface area (Å²) in [5, 5.41) is 0. The summed E-state index contributed by atoms with van der Waals surface area (Å²) in [6.45, 7) is 1.92. The number of hydrogen-bond donors (Lipinski definition) is 0. The molecule has 0 unspecified atom stereocenters. The minimum atomic E-state index is -0.341. The van der Waals surface area contributed by atoms with E-state index in [4.69, 9.17) is 0 Å². The van der Waals surface area contributed by atoms with Crippen molar-refractivity contribution >= 4 is 81.2 Å². The van der Waals surface area contributed by atoms with Crippen LogP contribution < -0.4 is 4.90 Å². The molecule has 2 aromatic carbocycles. The Balaban J connectivity index is 2.26. The fourth-order valence-corrected chi connectivity index (χ4v) is 4.81. The van der Waals surface area contributed by atoms with Gasteiger partial charge in [-0.1, -0.05) is 12.1 Å². The number of halogens is 4. The topological polar surface area (TPSA) is 37.4 Å². The van der Waals surface area contributed by atoms with Crippen LogP contribution in [0.4, 0.5) is 5.69 Å². The van der Waals surface area contributed by atoms with E-state index in [1.54, 1.807) is 6.07 Å². The lowest BCUT2D eigenvalue weighted by Gasteiger charge is -2.14. The molecule has 0 bridgehead atoms. The van der Waals surface area contributed by atoms with Crippen molar-refractivity contribution in [3.8, 4) is 0 Å². The zero-order valence-electron chi connectivity index (χ0n) is 11.1. The number of hydrogen-bond acceptors (Lipinski definition) is 2. The summed E-state index contributed by atoms with van der Waals surface area (Å²) in [6, 6.07) is 7.30. The highest BCUT2D eigenvalue weighted by Crippen LogP contribution is 2.46. The van der Waals surface area contributed by atoms with Crippen molar-refractivity contribution in [2.45, 2.75) is 6.92 Å². The Bertz CT molecular complexity index is 801. The van der Waals surface area contributed by atoms with Crippen LogP contribution in [0.2, 0.25) is 0 Å². The van der Waals surface area contributed by atoms with Crippen molar-refractivity contribution in [3.63, 3.8) is 0 Å². The first-order valence-electron chi connectivity index (χ1n) is 6.16. The molecule has 0 saturated carbocycles. The first kappa shape index (κ1) is 16.4. The van der Waals surface area contributed by atoms with Gasteiger partial charge in [0.05, 0.1) is 16.8 Å². The van der Waals surface area contributed by atoms with Gasteiger partial charge < -0.3 is 0 Å². The van der Waals surface area contributed by atoms with E-state index in [1.807, 2.05) is 25.1 Å². The smallest absolute Gasteiger partial charge is 0.267 e. The standard InChI is InChI=1S/C15H7Br4NO2/c1-6-3-2-4-7(5-6)20-14(21)8-9(15(20)22)11(17)13(19)12(18)10(8)16/h2-5H,1H3. The van der Waals surface area contributed by atoms with Gasteiger partial charge in [0.15, 0.2) is 0 Å². The zero-order chi connectivity index (χ0) is 16.2. The second-order valence-electron chi connectivity index (χ2n) is 4.79. The molecule has 1 aliphatic rings. The number of imide groups is 1. The summed E-state index contributed by atoms with van der Waals surface area (Å²) in [7, 11) is 0. The van der Waals surface area contributed by atoms with Gasteiger partial charge >= 0.3 is 0 Å². The third-order valence-electron chi connectivity index (χ3n) is 3.36. The van der Waals surface area contributed by atoms with Gasteiger partial charge in [-0.05, 0) is 88.3 Å². The van der Waals surface area contributed by atoms with Crippen LogP contribution in [-0.2, 0) is 0 Å². The van der Waals surface area contributed by atoms with E-state index >= 15 is 0 Å². The molecular weight excluding hydrogens is 546 g/mol. The van der Waals surface area contributed by atoms with E-state index in [1.165, 1.54) is 4.90 Å². The van der Waals surface area contributed by atoms with E-state index < -0.39 is 0 Å². The number of amides is 2. The van der Waals surface area contributed by atoms with Crippen molar-refractivity contribution in [2.24, 2.45) is 0 Å². The van der Waals surface area contributed by atoms with Crippen molar-refractivity contribution in [1.82, 2.24) is 0 Å². The number of aryl methyl sites for hydroxylation is 1. The maximum Gasteiger partial charge on any atom is 0.267 e. The molecule has 0 saturated heterocycles. The summed E-state index contributed by atoms with van der Waals surface area (Å²) in [4.78, 5) is 26.7. The van der Waals surface area contributed by atoms with Gasteiger partial charge in [0, 0.05) is 17.9 Å². The zero-order valence-corrected chi connectivity index (χ0v) is 17.4. The van der Waals surface area contributed by atoms with Crippen LogP contribution in [0.25, 0.3) is 0 Å². The lowest BCUT2D eigenvalue weighted by molar-refractivity contribution is 0.0926. The van der Waals surface area contributed by atoms with Gasteiger partial charge in [-0.25, -0.2) is 4.90 Å². The highest BCUT2D eigenvalue weighted by molar-refractivity contribution is 9.15. The van der Waals surface area contributed by atoms with E-state index in [9.17, 15) is 9.59 Å². The normalized spacial score (nSPS) is 13.8. The Hall–Kier alpha value is -0.500. The van der Waals surface area contributed by atoms with Gasteiger partial charge in [-0.2, -0.15) is 0 Å². The van der Waals surface area contributed by atoms with Crippen LogP contribution in [0.3, 0.4) is 0 Å². The molecule has 2 amide bonds. The van der Waals surface area contributed by atoms with Crippen molar-refractivity contribution < 1.29 is 9.59 Å². The Kier molecular flexibility index (Phi) is 4.35. The van der Waals surface area contributed by atoms with Crippen LogP contribution in [0.5, 0.6) is 0 Å². The van der Waals surface area contributed by atoms with Crippen LogP contribution in [-0.4, -0.2) is 11.8 Å². The molecular formula is C15H7Br4NO2. The number of carbonyl (C=O) groups is 2. The van der Waals surface area contributed by atoms with Crippen LogP contribution in [0.15, 0.2) is 42.2 Å². The molecule has 0 aliphatic carbocycles. The number of fused-ring (bicyclic) bond motifs is 1. The summed E-state index contributed by atoms with van der Waals surface area (Å²) in [5.74, 6) is -0.683. The Labute approximate surface area is 160 Å². The number of rotatable bonds is 1. The summed E-state index contributed by atoms with van der Waals surface area (Å²) < 4.78 is 2.49. The van der Waals surface area contributed by atoms with Gasteiger partial charge in [-0.3, -0.25) is 9.59 Å². The molecule has 112 valence electrons. The number of anilines is 1. The molecule has 3 nitrogen and oxygen atoms in total. The highest BCUT2D eigenvalue weighted by atomic mass is 79.9. The van der Waals surface area contributed by atoms with E-state index in [-0.39, 0.29) is 11.8 Å². The predicted molar refractivity (Wildman–Crippen MR) is 99.6 cm³/mol. The van der Waals surface area contributed by atoms with Crippen molar-refractivity contribution in [2.75, 3.05) is 4.90 Å². The molecule has 7 heteroatoms. The van der Waals surface area contributed by atoms with Crippen molar-refractivity contribution in [3.05, 3.63) is 58.8 Å². The van der Waals surface area contributed by atoms with E-state index in [0.717, 1.165) is 5.56 Å². The van der Waals surface area contributed by atoms with Crippen LogP contribution in [0.1, 0.15) is 26.3 Å². The monoisotopic (exact) mass is 549 g/mol. The third-order valence-corrected chi connectivity index (χ3v) is 8.13. The minimum Gasteiger partial charge on any atom is -0.268 e. The molecule has 0 radical (unpaired) electrons. The molecule has 0 fully saturated rings. The average Bonchev–Trinajstić information content (AvgIpc) is 2.74. The van der Waals surface area contributed by atoms with E-state index in [0.29, 0.717) is 34.7 Å². The van der Waals surface area contributed by atoms with Gasteiger partial charge in [0.25, 0.3) is 11.8 Å². The summed E-state index contributed by atoms with van der Waals surface area (Å²) in [5.41, 5.74) is 2.26. The second-order valence-corrected chi connectivity index (χ2v) is 7.96. The van der Waals surface area contributed by atoms with Gasteiger partial charge in [0.2, 0.25) is 0 Å². The van der Waals surface area contributed by atoms with Crippen molar-refractivity contribution in [1.29, 1.82) is 0 Å². The summed E-state index contributed by atoms with van der Waals surface area (Å²) >= 11 is 13.6. The first-order chi connectivity index (χ1) is 10.3.